The fraction of sp³-hybridized carbons (Fsp3) is 0.292. The maximum absolute atomic E-state index is 12.9. The minimum absolute atomic E-state index is 0.152. The number of carbonyl (C=O) groups is 2. The van der Waals surface area contributed by atoms with Gasteiger partial charge in [0.15, 0.2) is 5.58 Å². The molecule has 0 aliphatic carbocycles. The Balaban J connectivity index is 1.16. The Morgan fingerprint density at radius 1 is 1.00 bits per heavy atom. The SMILES string of the molecule is O=C(/C=C/c1ccc(OC(F)(F)F)cc1)N1C[C@@H]2CN(C(=O)c3ccc4[nH]c(=O)oc4c3)C[C@H]2C1. The summed E-state index contributed by atoms with van der Waals surface area (Å²) in [6.07, 6.45) is -1.82. The summed E-state index contributed by atoms with van der Waals surface area (Å²) in [7, 11) is 0. The molecule has 0 radical (unpaired) electrons. The lowest BCUT2D eigenvalue weighted by Gasteiger charge is -2.21. The van der Waals surface area contributed by atoms with E-state index in [4.69, 9.17) is 4.42 Å². The minimum Gasteiger partial charge on any atom is -0.408 e. The molecular weight excluding hydrogens is 467 g/mol. The highest BCUT2D eigenvalue weighted by Gasteiger charge is 2.42. The van der Waals surface area contributed by atoms with E-state index in [9.17, 15) is 27.6 Å². The van der Waals surface area contributed by atoms with Gasteiger partial charge in [0, 0.05) is 49.7 Å². The van der Waals surface area contributed by atoms with Crippen molar-refractivity contribution in [2.45, 2.75) is 6.36 Å². The van der Waals surface area contributed by atoms with Crippen LogP contribution in [0.15, 0.2) is 57.8 Å². The predicted molar refractivity (Wildman–Crippen MR) is 118 cm³/mol. The lowest BCUT2D eigenvalue weighted by atomic mass is 10.0. The van der Waals surface area contributed by atoms with E-state index < -0.39 is 12.1 Å². The third-order valence-corrected chi connectivity index (χ3v) is 6.29. The van der Waals surface area contributed by atoms with Crippen molar-refractivity contribution in [1.29, 1.82) is 0 Å². The number of H-pyrrole nitrogens is 1. The first-order valence-electron chi connectivity index (χ1n) is 10.9. The largest absolute Gasteiger partial charge is 0.573 e. The summed E-state index contributed by atoms with van der Waals surface area (Å²) in [6, 6.07) is 10.1. The molecule has 5 rings (SSSR count). The van der Waals surface area contributed by atoms with E-state index in [0.717, 1.165) is 0 Å². The highest BCUT2D eigenvalue weighted by molar-refractivity contribution is 5.97. The fourth-order valence-corrected chi connectivity index (χ4v) is 4.65. The molecule has 0 spiro atoms. The van der Waals surface area contributed by atoms with E-state index in [1.807, 2.05) is 0 Å². The van der Waals surface area contributed by atoms with E-state index in [2.05, 4.69) is 9.72 Å². The fourth-order valence-electron chi connectivity index (χ4n) is 4.65. The lowest BCUT2D eigenvalue weighted by molar-refractivity contribution is -0.274. The number of amides is 2. The summed E-state index contributed by atoms with van der Waals surface area (Å²) in [5.41, 5.74) is 1.85. The molecule has 1 N–H and O–H groups in total. The Morgan fingerprint density at radius 2 is 1.66 bits per heavy atom. The quantitative estimate of drug-likeness (QED) is 0.570. The number of rotatable bonds is 4. The number of benzene rings is 2. The summed E-state index contributed by atoms with van der Waals surface area (Å²) in [4.78, 5) is 42.9. The second-order valence-electron chi connectivity index (χ2n) is 8.65. The molecule has 0 bridgehead atoms. The smallest absolute Gasteiger partial charge is 0.408 e. The van der Waals surface area contributed by atoms with Crippen LogP contribution in [0.2, 0.25) is 0 Å². The van der Waals surface area contributed by atoms with Crippen molar-refractivity contribution in [3.05, 3.63) is 70.2 Å². The Hall–Kier alpha value is -4.02. The number of oxazole rings is 1. The van der Waals surface area contributed by atoms with Crippen LogP contribution in [-0.2, 0) is 4.79 Å². The molecule has 35 heavy (non-hydrogen) atoms. The molecule has 2 aliphatic heterocycles. The third kappa shape index (κ3) is 4.93. The number of nitrogens with zero attached hydrogens (tertiary/aromatic N) is 2. The first-order valence-corrected chi connectivity index (χ1v) is 10.9. The Labute approximate surface area is 196 Å². The van der Waals surface area contributed by atoms with Gasteiger partial charge in [0.25, 0.3) is 5.91 Å². The van der Waals surface area contributed by atoms with Crippen LogP contribution in [0.1, 0.15) is 15.9 Å². The van der Waals surface area contributed by atoms with Gasteiger partial charge in [-0.25, -0.2) is 4.79 Å². The highest BCUT2D eigenvalue weighted by atomic mass is 19.4. The molecule has 0 saturated carbocycles. The van der Waals surface area contributed by atoms with Crippen molar-refractivity contribution in [3.63, 3.8) is 0 Å². The molecule has 1 aromatic heterocycles. The predicted octanol–water partition coefficient (Wildman–Crippen LogP) is 3.26. The van der Waals surface area contributed by atoms with Crippen LogP contribution in [0, 0.1) is 11.8 Å². The summed E-state index contributed by atoms with van der Waals surface area (Å²) in [6.45, 7) is 2.07. The Morgan fingerprint density at radius 3 is 2.31 bits per heavy atom. The normalized spacial score (nSPS) is 20.1. The van der Waals surface area contributed by atoms with Crippen LogP contribution in [0.4, 0.5) is 13.2 Å². The van der Waals surface area contributed by atoms with Gasteiger partial charge in [-0.2, -0.15) is 0 Å². The topological polar surface area (TPSA) is 95.9 Å². The van der Waals surface area contributed by atoms with Crippen LogP contribution in [0.5, 0.6) is 5.75 Å². The van der Waals surface area contributed by atoms with Crippen molar-refractivity contribution in [1.82, 2.24) is 14.8 Å². The first-order chi connectivity index (χ1) is 16.6. The van der Waals surface area contributed by atoms with E-state index >= 15 is 0 Å². The molecule has 2 saturated heterocycles. The van der Waals surface area contributed by atoms with Crippen LogP contribution >= 0.6 is 0 Å². The standard InChI is InChI=1S/C24H20F3N3O5/c25-24(26,27)35-18-5-1-14(2-6-18)3-8-21(31)29-10-16-12-30(13-17(16)11-29)22(32)15-4-7-19-20(9-15)34-23(33)28-19/h1-9,16-17H,10-13H2,(H,28,33)/b8-3+/t16-,17-/m1/s1. The van der Waals surface area contributed by atoms with Crippen LogP contribution in [-0.4, -0.2) is 59.1 Å². The summed E-state index contributed by atoms with van der Waals surface area (Å²) < 4.78 is 45.6. The molecule has 11 heteroatoms. The first kappa shape index (κ1) is 22.8. The van der Waals surface area contributed by atoms with Gasteiger partial charge in [-0.15, -0.1) is 13.2 Å². The van der Waals surface area contributed by atoms with Crippen molar-refractivity contribution in [3.8, 4) is 5.75 Å². The van der Waals surface area contributed by atoms with E-state index in [1.165, 1.54) is 30.3 Å². The molecule has 2 amide bonds. The maximum atomic E-state index is 12.9. The van der Waals surface area contributed by atoms with Gasteiger partial charge in [-0.05, 0) is 42.0 Å². The molecule has 3 heterocycles. The monoisotopic (exact) mass is 487 g/mol. The van der Waals surface area contributed by atoms with Gasteiger partial charge in [-0.3, -0.25) is 14.6 Å². The molecule has 3 aromatic rings. The van der Waals surface area contributed by atoms with Crippen molar-refractivity contribution in [2.24, 2.45) is 11.8 Å². The molecule has 2 aromatic carbocycles. The minimum atomic E-state index is -4.76. The molecule has 0 unspecified atom stereocenters. The zero-order chi connectivity index (χ0) is 24.7. The zero-order valence-corrected chi connectivity index (χ0v) is 18.2. The van der Waals surface area contributed by atoms with Crippen LogP contribution < -0.4 is 10.5 Å². The number of hydrogen-bond acceptors (Lipinski definition) is 5. The number of likely N-dealkylation sites (tertiary alicyclic amines) is 2. The van der Waals surface area contributed by atoms with Gasteiger partial charge in [0.1, 0.15) is 5.75 Å². The average molecular weight is 487 g/mol. The van der Waals surface area contributed by atoms with Gasteiger partial charge >= 0.3 is 12.1 Å². The number of carbonyl (C=O) groups excluding carboxylic acids is 2. The number of nitrogens with one attached hydrogen (secondary N) is 1. The van der Waals surface area contributed by atoms with Crippen LogP contribution in [0.25, 0.3) is 17.2 Å². The molecular formula is C24H20F3N3O5. The Bertz CT molecular complexity index is 1350. The van der Waals surface area contributed by atoms with Gasteiger partial charge < -0.3 is 19.0 Å². The second kappa shape index (κ2) is 8.64. The van der Waals surface area contributed by atoms with E-state index in [0.29, 0.717) is 48.4 Å². The number of aromatic nitrogens is 1. The number of alkyl halides is 3. The number of halogens is 3. The summed E-state index contributed by atoms with van der Waals surface area (Å²) in [5.74, 6) is -0.939. The molecule has 182 valence electrons. The highest BCUT2D eigenvalue weighted by Crippen LogP contribution is 2.32. The Kier molecular flexibility index (Phi) is 5.62. The van der Waals surface area contributed by atoms with Crippen molar-refractivity contribution in [2.75, 3.05) is 26.2 Å². The van der Waals surface area contributed by atoms with Gasteiger partial charge in [0.2, 0.25) is 5.91 Å². The molecule has 2 atom stereocenters. The lowest BCUT2D eigenvalue weighted by Crippen LogP contribution is -2.35. The number of fused-ring (bicyclic) bond motifs is 2. The van der Waals surface area contributed by atoms with E-state index in [1.54, 1.807) is 34.1 Å². The van der Waals surface area contributed by atoms with E-state index in [-0.39, 0.29) is 29.4 Å². The number of ether oxygens (including phenoxy) is 1. The second-order valence-corrected chi connectivity index (χ2v) is 8.65. The molecule has 8 nitrogen and oxygen atoms in total. The van der Waals surface area contributed by atoms with Crippen molar-refractivity contribution >= 4 is 29.0 Å². The van der Waals surface area contributed by atoms with Crippen LogP contribution in [0.3, 0.4) is 0 Å². The van der Waals surface area contributed by atoms with Crippen molar-refractivity contribution < 1.29 is 31.9 Å². The number of aromatic amines is 1. The molecule has 2 aliphatic rings. The zero-order valence-electron chi connectivity index (χ0n) is 18.2. The summed E-state index contributed by atoms with van der Waals surface area (Å²) >= 11 is 0. The van der Waals surface area contributed by atoms with Gasteiger partial charge in [0.05, 0.1) is 5.52 Å². The maximum Gasteiger partial charge on any atom is 0.573 e. The average Bonchev–Trinajstić information content (AvgIpc) is 3.48. The third-order valence-electron chi connectivity index (χ3n) is 6.29. The molecule has 2 fully saturated rings. The summed E-state index contributed by atoms with van der Waals surface area (Å²) in [5, 5.41) is 0. The number of hydrogen-bond donors (Lipinski definition) is 1. The van der Waals surface area contributed by atoms with Gasteiger partial charge in [-0.1, -0.05) is 12.1 Å².